The number of rotatable bonds is 2. The molecule has 0 amide bonds. The van der Waals surface area contributed by atoms with Gasteiger partial charge < -0.3 is 14.6 Å². The molecule has 3 heterocycles. The number of epoxide rings is 1. The number of cyclic esters (lactones) is 1. The fourth-order valence-electron chi connectivity index (χ4n) is 5.24. The van der Waals surface area contributed by atoms with Gasteiger partial charge in [-0.2, -0.15) is 0 Å². The molecule has 0 saturated carbocycles. The van der Waals surface area contributed by atoms with Gasteiger partial charge in [0.25, 0.3) is 0 Å². The summed E-state index contributed by atoms with van der Waals surface area (Å²) in [6, 6.07) is 0. The molecule has 1 aromatic rings. The lowest BCUT2D eigenvalue weighted by molar-refractivity contribution is -0.154. The van der Waals surface area contributed by atoms with Crippen molar-refractivity contribution < 1.29 is 24.2 Å². The molecule has 7 heteroatoms. The highest BCUT2D eigenvalue weighted by molar-refractivity contribution is 7.09. The van der Waals surface area contributed by atoms with Crippen molar-refractivity contribution in [3.63, 3.8) is 0 Å². The van der Waals surface area contributed by atoms with Gasteiger partial charge in [0.15, 0.2) is 0 Å². The Morgan fingerprint density at radius 1 is 1.23 bits per heavy atom. The van der Waals surface area contributed by atoms with Crippen LogP contribution in [0.15, 0.2) is 11.0 Å². The number of ether oxygens (including phenoxy) is 2. The molecule has 2 aliphatic rings. The third-order valence-electron chi connectivity index (χ3n) is 8.52. The zero-order chi connectivity index (χ0) is 26.1. The second-order valence-electron chi connectivity index (χ2n) is 11.6. The first-order valence-electron chi connectivity index (χ1n) is 12.9. The average Bonchev–Trinajstić information content (AvgIpc) is 3.22. The van der Waals surface area contributed by atoms with Crippen LogP contribution in [0.2, 0.25) is 0 Å². The molecule has 3 rings (SSSR count). The van der Waals surface area contributed by atoms with Gasteiger partial charge in [0.2, 0.25) is 0 Å². The second-order valence-corrected chi connectivity index (χ2v) is 12.7. The van der Waals surface area contributed by atoms with Crippen LogP contribution in [-0.4, -0.2) is 45.8 Å². The number of aryl methyl sites for hydroxylation is 1. The first-order chi connectivity index (χ1) is 16.2. The maximum Gasteiger partial charge on any atom is 0.309 e. The van der Waals surface area contributed by atoms with Crippen LogP contribution < -0.4 is 0 Å². The van der Waals surface area contributed by atoms with E-state index < -0.39 is 23.6 Å². The predicted molar refractivity (Wildman–Crippen MR) is 139 cm³/mol. The molecule has 1 unspecified atom stereocenters. The number of hydrogen-bond donors (Lipinski definition) is 1. The van der Waals surface area contributed by atoms with Crippen molar-refractivity contribution in [3.8, 4) is 0 Å². The van der Waals surface area contributed by atoms with Gasteiger partial charge in [0.1, 0.15) is 11.9 Å². The van der Waals surface area contributed by atoms with E-state index in [0.717, 1.165) is 35.5 Å². The number of hydrogen-bond acceptors (Lipinski definition) is 7. The lowest BCUT2D eigenvalue weighted by Crippen LogP contribution is -2.44. The van der Waals surface area contributed by atoms with E-state index in [0.29, 0.717) is 12.3 Å². The summed E-state index contributed by atoms with van der Waals surface area (Å²) < 4.78 is 12.0. The van der Waals surface area contributed by atoms with E-state index in [1.165, 1.54) is 0 Å². The molecule has 0 radical (unpaired) electrons. The van der Waals surface area contributed by atoms with Crippen LogP contribution in [0.5, 0.6) is 0 Å². The van der Waals surface area contributed by atoms with Crippen LogP contribution in [0.1, 0.15) is 91.3 Å². The van der Waals surface area contributed by atoms with Crippen molar-refractivity contribution in [1.29, 1.82) is 0 Å². The van der Waals surface area contributed by atoms with E-state index in [9.17, 15) is 14.7 Å². The van der Waals surface area contributed by atoms with E-state index in [2.05, 4.69) is 25.8 Å². The zero-order valence-corrected chi connectivity index (χ0v) is 23.4. The lowest BCUT2D eigenvalue weighted by atomic mass is 9.70. The van der Waals surface area contributed by atoms with E-state index >= 15 is 0 Å². The molecule has 0 bridgehead atoms. The van der Waals surface area contributed by atoms with Crippen molar-refractivity contribution in [3.05, 3.63) is 21.7 Å². The number of aliphatic hydroxyl groups excluding tert-OH is 1. The Morgan fingerprint density at radius 3 is 2.54 bits per heavy atom. The quantitative estimate of drug-likeness (QED) is 0.406. The number of fused-ring (bicyclic) bond motifs is 1. The number of Topliss-reactive ketones (excluding diaryl/α,β-unsaturated/α-hetero) is 1. The van der Waals surface area contributed by atoms with Gasteiger partial charge in [-0.3, -0.25) is 9.59 Å². The van der Waals surface area contributed by atoms with Crippen LogP contribution in [0.4, 0.5) is 0 Å². The van der Waals surface area contributed by atoms with E-state index in [1.54, 1.807) is 25.2 Å². The van der Waals surface area contributed by atoms with Crippen LogP contribution in [0, 0.1) is 30.1 Å². The molecular weight excluding hydrogens is 462 g/mol. The maximum absolute atomic E-state index is 13.4. The first kappa shape index (κ1) is 28.0. The zero-order valence-electron chi connectivity index (χ0n) is 22.6. The van der Waals surface area contributed by atoms with Gasteiger partial charge in [-0.1, -0.05) is 47.5 Å². The summed E-state index contributed by atoms with van der Waals surface area (Å²) in [6.07, 6.45) is 3.69. The van der Waals surface area contributed by atoms with Crippen molar-refractivity contribution in [2.45, 2.75) is 111 Å². The van der Waals surface area contributed by atoms with Crippen LogP contribution in [-0.2, 0) is 19.1 Å². The summed E-state index contributed by atoms with van der Waals surface area (Å²) in [5, 5.41) is 13.9. The van der Waals surface area contributed by atoms with Gasteiger partial charge in [0, 0.05) is 17.7 Å². The number of carbonyl (C=O) groups excluding carboxylic acids is 2. The molecule has 1 N–H and O–H groups in total. The maximum atomic E-state index is 13.4. The second kappa shape index (κ2) is 10.8. The van der Waals surface area contributed by atoms with E-state index in [1.807, 2.05) is 32.2 Å². The van der Waals surface area contributed by atoms with E-state index in [4.69, 9.17) is 9.47 Å². The number of aromatic nitrogens is 1. The standard InChI is InChI=1S/C28H43NO5S/c1-16-10-9-11-28(8)24(34-28)13-22(17(2)12-21-15-35-20(5)29-21)33-25(31)14-23(30)27(6,7)26(32)19(4)18(16)3/h12,15-16,18-19,22-24,30H,9-11,13-14H2,1-8H3/b17-12+/t16-,18-,19+,22?,23-,24-,28+/m0/s1. The third kappa shape index (κ3) is 6.60. The minimum Gasteiger partial charge on any atom is -0.458 e. The molecule has 2 saturated heterocycles. The Hall–Kier alpha value is -1.57. The SMILES string of the molecule is C/C(=C\c1csc(C)n1)C1C[C@@H]2O[C@]2(C)CCC[C@H](C)[C@H](C)[C@@H](C)C(=O)C(C)(C)[C@@H](O)CC(=O)O1. The van der Waals surface area contributed by atoms with Crippen molar-refractivity contribution >= 4 is 29.2 Å². The monoisotopic (exact) mass is 505 g/mol. The van der Waals surface area contributed by atoms with Gasteiger partial charge in [-0.25, -0.2) is 4.98 Å². The van der Waals surface area contributed by atoms with Crippen LogP contribution >= 0.6 is 11.3 Å². The summed E-state index contributed by atoms with van der Waals surface area (Å²) in [7, 11) is 0. The average molecular weight is 506 g/mol. The molecule has 0 aliphatic carbocycles. The Labute approximate surface area is 214 Å². The van der Waals surface area contributed by atoms with Crippen LogP contribution in [0.3, 0.4) is 0 Å². The molecule has 196 valence electrons. The van der Waals surface area contributed by atoms with Crippen molar-refractivity contribution in [2.24, 2.45) is 23.2 Å². The van der Waals surface area contributed by atoms with E-state index in [-0.39, 0.29) is 35.7 Å². The Kier molecular flexibility index (Phi) is 8.65. The Bertz CT molecular complexity index is 953. The summed E-state index contributed by atoms with van der Waals surface area (Å²) in [5.41, 5.74) is 0.478. The molecule has 6 nitrogen and oxygen atoms in total. The molecule has 0 spiro atoms. The van der Waals surface area contributed by atoms with Crippen molar-refractivity contribution in [2.75, 3.05) is 0 Å². The number of ketones is 1. The highest BCUT2D eigenvalue weighted by Gasteiger charge is 2.53. The van der Waals surface area contributed by atoms with Crippen LogP contribution in [0.25, 0.3) is 6.08 Å². The topological polar surface area (TPSA) is 89.0 Å². The molecule has 1 aromatic heterocycles. The molecule has 7 atom stereocenters. The normalized spacial score (nSPS) is 37.5. The summed E-state index contributed by atoms with van der Waals surface area (Å²) in [6.45, 7) is 15.8. The minimum atomic E-state index is -1.12. The highest BCUT2D eigenvalue weighted by atomic mass is 32.1. The lowest BCUT2D eigenvalue weighted by Gasteiger charge is -2.35. The molecule has 2 fully saturated rings. The third-order valence-corrected chi connectivity index (χ3v) is 9.31. The summed E-state index contributed by atoms with van der Waals surface area (Å²) in [4.78, 5) is 30.9. The Balaban J connectivity index is 1.85. The fraction of sp³-hybridized carbons (Fsp3) is 0.750. The number of esters is 1. The highest BCUT2D eigenvalue weighted by Crippen LogP contribution is 2.45. The first-order valence-corrected chi connectivity index (χ1v) is 13.8. The molecule has 35 heavy (non-hydrogen) atoms. The van der Waals surface area contributed by atoms with Gasteiger partial charge in [0.05, 0.1) is 40.3 Å². The summed E-state index contributed by atoms with van der Waals surface area (Å²) in [5.74, 6) is -0.162. The van der Waals surface area contributed by atoms with Gasteiger partial charge in [-0.15, -0.1) is 11.3 Å². The van der Waals surface area contributed by atoms with Gasteiger partial charge in [-0.05, 0) is 50.7 Å². The smallest absolute Gasteiger partial charge is 0.309 e. The minimum absolute atomic E-state index is 0.00618. The predicted octanol–water partition coefficient (Wildman–Crippen LogP) is 5.75. The van der Waals surface area contributed by atoms with Crippen molar-refractivity contribution in [1.82, 2.24) is 4.98 Å². The van der Waals surface area contributed by atoms with Gasteiger partial charge >= 0.3 is 5.97 Å². The number of carbonyl (C=O) groups is 2. The molecule has 2 aliphatic heterocycles. The largest absolute Gasteiger partial charge is 0.458 e. The number of aliphatic hydroxyl groups is 1. The number of nitrogens with zero attached hydrogens (tertiary/aromatic N) is 1. The Morgan fingerprint density at radius 2 is 1.91 bits per heavy atom. The fourth-order valence-corrected chi connectivity index (χ4v) is 5.81. The summed E-state index contributed by atoms with van der Waals surface area (Å²) >= 11 is 1.58. The molecule has 0 aromatic carbocycles. The molecular formula is C28H43NO5S. The number of thiazole rings is 1.